The van der Waals surface area contributed by atoms with Gasteiger partial charge in [0.1, 0.15) is 0 Å². The third kappa shape index (κ3) is 4.89. The fourth-order valence-corrected chi connectivity index (χ4v) is 1.98. The molecule has 2 aliphatic heterocycles. The van der Waals surface area contributed by atoms with E-state index in [1.165, 1.54) is 0 Å². The topological polar surface area (TPSA) is 25.1 Å². The average Bonchev–Trinajstić information content (AvgIpc) is 2.95. The number of hydrogen-bond donors (Lipinski definition) is 0. The van der Waals surface area contributed by atoms with Crippen molar-refractivity contribution in [3.63, 3.8) is 0 Å². The Morgan fingerprint density at radius 3 is 1.06 bits per heavy atom. The van der Waals surface area contributed by atoms with Gasteiger partial charge < -0.3 is 9.47 Å². The van der Waals surface area contributed by atoms with Crippen LogP contribution in [0.15, 0.2) is 0 Å². The second kappa shape index (κ2) is 4.79. The van der Waals surface area contributed by atoms with Crippen LogP contribution in [0.5, 0.6) is 0 Å². The predicted octanol–water partition coefficient (Wildman–Crippen LogP) is 4.28. The van der Waals surface area contributed by atoms with Crippen LogP contribution >= 0.6 is 0 Å². The van der Waals surface area contributed by atoms with Crippen LogP contribution in [0, 0.1) is 16.2 Å². The highest BCUT2D eigenvalue weighted by Crippen LogP contribution is 2.46. The molecule has 2 aliphatic rings. The van der Waals surface area contributed by atoms with Crippen LogP contribution in [0.4, 0.5) is 0 Å². The summed E-state index contributed by atoms with van der Waals surface area (Å²) < 4.78 is 10.7. The highest BCUT2D eigenvalue weighted by Gasteiger charge is 2.52. The smallest absolute Gasteiger partial charge is 0.0895 e. The Hall–Kier alpha value is -0.0800. The van der Waals surface area contributed by atoms with Crippen LogP contribution in [-0.2, 0) is 9.47 Å². The van der Waals surface area contributed by atoms with Crippen molar-refractivity contribution in [2.75, 3.05) is 6.61 Å². The first-order valence-electron chi connectivity index (χ1n) is 7.10. The molecule has 0 N–H and O–H groups in total. The van der Waals surface area contributed by atoms with Crippen molar-refractivity contribution >= 4 is 0 Å². The summed E-state index contributed by atoms with van der Waals surface area (Å²) in [6, 6.07) is 0. The Morgan fingerprint density at radius 1 is 0.667 bits per heavy atom. The SMILES string of the molecule is CC(C)(C)C1CO1.CC(C)(C)C1OC1C(C)(C)C. The molecule has 0 spiro atoms. The molecule has 2 fully saturated rings. The van der Waals surface area contributed by atoms with E-state index in [1.807, 2.05) is 0 Å². The molecule has 0 aromatic carbocycles. The first kappa shape index (κ1) is 16.0. The van der Waals surface area contributed by atoms with Gasteiger partial charge in [-0.05, 0) is 16.2 Å². The first-order valence-corrected chi connectivity index (χ1v) is 7.10. The summed E-state index contributed by atoms with van der Waals surface area (Å²) in [4.78, 5) is 0. The summed E-state index contributed by atoms with van der Waals surface area (Å²) in [6.07, 6.45) is 1.50. The van der Waals surface area contributed by atoms with Crippen molar-refractivity contribution < 1.29 is 9.47 Å². The molecule has 3 atom stereocenters. The molecule has 2 nitrogen and oxygen atoms in total. The van der Waals surface area contributed by atoms with Crippen molar-refractivity contribution in [1.82, 2.24) is 0 Å². The van der Waals surface area contributed by atoms with Gasteiger partial charge in [-0.15, -0.1) is 0 Å². The zero-order valence-corrected chi connectivity index (χ0v) is 13.8. The van der Waals surface area contributed by atoms with Crippen LogP contribution in [0.3, 0.4) is 0 Å². The van der Waals surface area contributed by atoms with Crippen LogP contribution in [0.2, 0.25) is 0 Å². The molecule has 2 rings (SSSR count). The highest BCUT2D eigenvalue weighted by atomic mass is 16.6. The second-order valence-corrected chi connectivity index (χ2v) is 8.90. The lowest BCUT2D eigenvalue weighted by Gasteiger charge is -2.19. The Bertz CT molecular complexity index is 253. The zero-order valence-electron chi connectivity index (χ0n) is 13.8. The van der Waals surface area contributed by atoms with E-state index in [2.05, 4.69) is 62.3 Å². The monoisotopic (exact) mass is 256 g/mol. The van der Waals surface area contributed by atoms with E-state index in [4.69, 9.17) is 9.47 Å². The summed E-state index contributed by atoms with van der Waals surface area (Å²) in [5.74, 6) is 0. The van der Waals surface area contributed by atoms with Gasteiger partial charge in [0.2, 0.25) is 0 Å². The molecule has 18 heavy (non-hydrogen) atoms. The van der Waals surface area contributed by atoms with E-state index in [9.17, 15) is 0 Å². The lowest BCUT2D eigenvalue weighted by molar-refractivity contribution is 0.236. The van der Waals surface area contributed by atoms with Crippen molar-refractivity contribution in [2.24, 2.45) is 16.2 Å². The molecule has 2 saturated heterocycles. The average molecular weight is 256 g/mol. The van der Waals surface area contributed by atoms with E-state index in [0.29, 0.717) is 34.6 Å². The van der Waals surface area contributed by atoms with Gasteiger partial charge in [0.15, 0.2) is 0 Å². The summed E-state index contributed by atoms with van der Waals surface area (Å²) in [7, 11) is 0. The standard InChI is InChI=1S/C10H20O.C6H12O/c1-9(2,3)7-8(11-7)10(4,5)6;1-6(2,3)5-4-7-5/h7-8H,1-6H3;5H,4H2,1-3H3. The molecular weight excluding hydrogens is 224 g/mol. The quantitative estimate of drug-likeness (QED) is 0.604. The van der Waals surface area contributed by atoms with Crippen LogP contribution in [-0.4, -0.2) is 24.9 Å². The number of epoxide rings is 2. The van der Waals surface area contributed by atoms with Gasteiger partial charge in [-0.3, -0.25) is 0 Å². The van der Waals surface area contributed by atoms with E-state index in [-0.39, 0.29) is 0 Å². The lowest BCUT2D eigenvalue weighted by atomic mass is 9.81. The van der Waals surface area contributed by atoms with Gasteiger partial charge in [-0.2, -0.15) is 0 Å². The molecule has 0 saturated carbocycles. The predicted molar refractivity (Wildman–Crippen MR) is 76.8 cm³/mol. The van der Waals surface area contributed by atoms with Crippen molar-refractivity contribution in [3.05, 3.63) is 0 Å². The largest absolute Gasteiger partial charge is 0.373 e. The molecule has 0 amide bonds. The molecular formula is C16H32O2. The fourth-order valence-electron chi connectivity index (χ4n) is 1.98. The molecule has 0 bridgehead atoms. The van der Waals surface area contributed by atoms with Crippen molar-refractivity contribution in [2.45, 2.75) is 80.6 Å². The number of ether oxygens (including phenoxy) is 2. The van der Waals surface area contributed by atoms with E-state index >= 15 is 0 Å². The minimum atomic E-state index is 0.317. The summed E-state index contributed by atoms with van der Waals surface area (Å²) in [6.45, 7) is 21.0. The number of rotatable bonds is 0. The van der Waals surface area contributed by atoms with Gasteiger partial charge in [-0.1, -0.05) is 62.3 Å². The molecule has 108 valence electrons. The van der Waals surface area contributed by atoms with E-state index in [0.717, 1.165) is 6.61 Å². The Kier molecular flexibility index (Phi) is 4.25. The minimum absolute atomic E-state index is 0.317. The molecule has 0 aliphatic carbocycles. The van der Waals surface area contributed by atoms with Gasteiger partial charge in [0.05, 0.1) is 24.9 Å². The van der Waals surface area contributed by atoms with Gasteiger partial charge in [-0.25, -0.2) is 0 Å². The third-order valence-corrected chi connectivity index (χ3v) is 3.50. The minimum Gasteiger partial charge on any atom is -0.373 e. The third-order valence-electron chi connectivity index (χ3n) is 3.50. The molecule has 3 unspecified atom stereocenters. The Balaban J connectivity index is 0.000000199. The molecule has 0 aromatic heterocycles. The molecule has 2 heteroatoms. The van der Waals surface area contributed by atoms with Crippen LogP contribution < -0.4 is 0 Å². The zero-order chi connectivity index (χ0) is 14.4. The second-order valence-electron chi connectivity index (χ2n) is 8.90. The van der Waals surface area contributed by atoms with Gasteiger partial charge >= 0.3 is 0 Å². The molecule has 0 radical (unpaired) electrons. The first-order chi connectivity index (χ1) is 7.83. The van der Waals surface area contributed by atoms with Crippen molar-refractivity contribution in [1.29, 1.82) is 0 Å². The lowest BCUT2D eigenvalue weighted by Crippen LogP contribution is -2.23. The summed E-state index contributed by atoms with van der Waals surface area (Å²) >= 11 is 0. The molecule has 0 aromatic rings. The van der Waals surface area contributed by atoms with Crippen LogP contribution in [0.1, 0.15) is 62.3 Å². The maximum atomic E-state index is 5.65. The van der Waals surface area contributed by atoms with E-state index in [1.54, 1.807) is 0 Å². The van der Waals surface area contributed by atoms with Crippen molar-refractivity contribution in [3.8, 4) is 0 Å². The van der Waals surface area contributed by atoms with Gasteiger partial charge in [0, 0.05) is 0 Å². The summed E-state index contributed by atoms with van der Waals surface area (Å²) in [5.41, 5.74) is 1.02. The maximum absolute atomic E-state index is 5.65. The maximum Gasteiger partial charge on any atom is 0.0895 e. The Morgan fingerprint density at radius 2 is 1.00 bits per heavy atom. The highest BCUT2D eigenvalue weighted by molar-refractivity contribution is 4.99. The Labute approximate surface area is 113 Å². The normalized spacial score (nSPS) is 31.5. The van der Waals surface area contributed by atoms with Crippen LogP contribution in [0.25, 0.3) is 0 Å². The van der Waals surface area contributed by atoms with Gasteiger partial charge in [0.25, 0.3) is 0 Å². The number of hydrogen-bond acceptors (Lipinski definition) is 2. The fraction of sp³-hybridized carbons (Fsp3) is 1.00. The summed E-state index contributed by atoms with van der Waals surface area (Å²) in [5, 5.41) is 0. The molecule has 2 heterocycles. The van der Waals surface area contributed by atoms with E-state index < -0.39 is 0 Å².